The molecular formula is C4H5AcF3O. The predicted octanol–water partition coefficient (Wildman–Crippen LogP) is 2.01. The molecule has 0 spiro atoms. The number of halogens is 3. The van der Waals surface area contributed by atoms with E-state index < -0.39 is 11.9 Å². The largest absolute Gasteiger partial charge is 0.504 e. The van der Waals surface area contributed by atoms with Crippen molar-refractivity contribution >= 4 is 0 Å². The van der Waals surface area contributed by atoms with Gasteiger partial charge >= 0.3 is 6.18 Å². The molecule has 0 aromatic heterocycles. The van der Waals surface area contributed by atoms with Crippen molar-refractivity contribution in [2.45, 2.75) is 13.1 Å². The van der Waals surface area contributed by atoms with Crippen molar-refractivity contribution in [2.75, 3.05) is 0 Å². The van der Waals surface area contributed by atoms with Gasteiger partial charge in [-0.3, -0.25) is 0 Å². The number of aliphatic hydroxyl groups is 1. The first-order valence-electron chi connectivity index (χ1n) is 1.91. The van der Waals surface area contributed by atoms with Crippen molar-refractivity contribution in [3.63, 3.8) is 0 Å². The van der Waals surface area contributed by atoms with E-state index in [0.717, 1.165) is 6.92 Å². The van der Waals surface area contributed by atoms with E-state index in [1.165, 1.54) is 0 Å². The van der Waals surface area contributed by atoms with Crippen LogP contribution in [-0.2, 0) is 0 Å². The molecule has 0 bridgehead atoms. The summed E-state index contributed by atoms with van der Waals surface area (Å²) >= 11 is 0. The van der Waals surface area contributed by atoms with Crippen LogP contribution in [0.1, 0.15) is 6.92 Å². The molecule has 0 unspecified atom stereocenters. The van der Waals surface area contributed by atoms with Crippen molar-refractivity contribution in [1.29, 1.82) is 0 Å². The minimum absolute atomic E-state index is 0. The summed E-state index contributed by atoms with van der Waals surface area (Å²) < 4.78 is 33.4. The van der Waals surface area contributed by atoms with Gasteiger partial charge in [0.1, 0.15) is 0 Å². The molecule has 0 aliphatic carbocycles. The molecule has 51 valence electrons. The fourth-order valence-electron chi connectivity index (χ4n) is 0.164. The zero-order chi connectivity index (χ0) is 6.78. The van der Waals surface area contributed by atoms with Gasteiger partial charge in [-0.05, 0) is 13.0 Å². The maximum absolute atomic E-state index is 11.1. The normalized spacial score (nSPS) is 12.7. The van der Waals surface area contributed by atoms with Crippen LogP contribution in [-0.4, -0.2) is 11.3 Å². The summed E-state index contributed by atoms with van der Waals surface area (Å²) in [6.07, 6.45) is -3.98. The molecule has 0 saturated heterocycles. The summed E-state index contributed by atoms with van der Waals surface area (Å²) in [6, 6.07) is 0. The minimum Gasteiger partial charge on any atom is -0.504 e. The van der Waals surface area contributed by atoms with Gasteiger partial charge in [0.05, 0.1) is 0 Å². The van der Waals surface area contributed by atoms with E-state index in [0.29, 0.717) is 6.08 Å². The summed E-state index contributed by atoms with van der Waals surface area (Å²) in [5, 5.41) is 7.93. The molecule has 0 aromatic rings. The maximum atomic E-state index is 11.1. The smallest absolute Gasteiger partial charge is 0.448 e. The number of allylic oxidation sites excluding steroid dienone is 2. The summed E-state index contributed by atoms with van der Waals surface area (Å²) in [5.41, 5.74) is 0. The molecular weight excluding hydrogens is 348 g/mol. The van der Waals surface area contributed by atoms with Crippen molar-refractivity contribution in [1.82, 2.24) is 0 Å². The van der Waals surface area contributed by atoms with Gasteiger partial charge < -0.3 is 5.11 Å². The average molecular weight is 353 g/mol. The molecule has 1 nitrogen and oxygen atoms in total. The van der Waals surface area contributed by atoms with Crippen LogP contribution < -0.4 is 0 Å². The molecule has 0 aromatic carbocycles. The number of hydrogen-bond acceptors (Lipinski definition) is 1. The summed E-state index contributed by atoms with van der Waals surface area (Å²) in [5.74, 6) is -1.54. The zero-order valence-corrected chi connectivity index (χ0v) is 9.48. The fraction of sp³-hybridized carbons (Fsp3) is 0.500. The van der Waals surface area contributed by atoms with Gasteiger partial charge in [0.2, 0.25) is 0 Å². The quantitative estimate of drug-likeness (QED) is 0.661. The molecule has 1 radical (unpaired) electrons. The first kappa shape index (κ1) is 12.4. The van der Waals surface area contributed by atoms with Crippen LogP contribution in [0.4, 0.5) is 13.2 Å². The Morgan fingerprint density at radius 3 is 1.78 bits per heavy atom. The number of aliphatic hydroxyl groups excluding tert-OH is 1. The maximum Gasteiger partial charge on any atom is 0.448 e. The van der Waals surface area contributed by atoms with E-state index in [1.54, 1.807) is 0 Å². The van der Waals surface area contributed by atoms with Gasteiger partial charge in [0.15, 0.2) is 5.76 Å². The second-order valence-electron chi connectivity index (χ2n) is 1.17. The first-order chi connectivity index (χ1) is 3.48. The van der Waals surface area contributed by atoms with Crippen molar-refractivity contribution in [3.8, 4) is 0 Å². The van der Waals surface area contributed by atoms with Gasteiger partial charge in [-0.25, -0.2) is 0 Å². The Morgan fingerprint density at radius 2 is 1.78 bits per heavy atom. The second kappa shape index (κ2) is 4.57. The van der Waals surface area contributed by atoms with Crippen molar-refractivity contribution < 1.29 is 62.3 Å². The van der Waals surface area contributed by atoms with Crippen molar-refractivity contribution in [2.24, 2.45) is 0 Å². The molecule has 0 atom stereocenters. The van der Waals surface area contributed by atoms with E-state index in [4.69, 9.17) is 5.11 Å². The number of rotatable bonds is 0. The van der Waals surface area contributed by atoms with Crippen LogP contribution in [0, 0.1) is 44.1 Å². The summed E-state index contributed by atoms with van der Waals surface area (Å²) in [4.78, 5) is 0. The summed E-state index contributed by atoms with van der Waals surface area (Å²) in [7, 11) is 0. The molecule has 9 heavy (non-hydrogen) atoms. The van der Waals surface area contributed by atoms with E-state index in [1.807, 2.05) is 0 Å². The molecule has 0 aliphatic heterocycles. The van der Waals surface area contributed by atoms with Crippen LogP contribution in [0.25, 0.3) is 0 Å². The van der Waals surface area contributed by atoms with Crippen LogP contribution >= 0.6 is 0 Å². The molecule has 0 rings (SSSR count). The molecule has 0 amide bonds. The monoisotopic (exact) mass is 353 g/mol. The third-order valence-electron chi connectivity index (χ3n) is 0.564. The topological polar surface area (TPSA) is 20.2 Å². The summed E-state index contributed by atoms with van der Waals surface area (Å²) in [6.45, 7) is 1.11. The van der Waals surface area contributed by atoms with Crippen molar-refractivity contribution in [3.05, 3.63) is 11.8 Å². The minimum atomic E-state index is -4.57. The molecule has 0 saturated carbocycles. The Bertz CT molecular complexity index is 107. The van der Waals surface area contributed by atoms with E-state index in [9.17, 15) is 13.2 Å². The third-order valence-corrected chi connectivity index (χ3v) is 0.564. The molecule has 0 fully saturated rings. The Labute approximate surface area is 86.5 Å². The molecule has 0 heterocycles. The van der Waals surface area contributed by atoms with Crippen LogP contribution in [0.15, 0.2) is 11.8 Å². The standard InChI is InChI=1S/C4H5F3O.Ac/c1-2-3(8)4(5,6)7;/h2,8H,1H3;/b3-2-;. The SMILES string of the molecule is C/C=C(\O)C(F)(F)F.[Ac]. The van der Waals surface area contributed by atoms with E-state index in [-0.39, 0.29) is 44.1 Å². The van der Waals surface area contributed by atoms with Gasteiger partial charge in [-0.2, -0.15) is 13.2 Å². The predicted molar refractivity (Wildman–Crippen MR) is 22.4 cm³/mol. The average Bonchev–Trinajstić information content (AvgIpc) is 1.62. The Hall–Kier alpha value is 0.772. The third kappa shape index (κ3) is 5.23. The molecule has 0 aliphatic rings. The van der Waals surface area contributed by atoms with Gasteiger partial charge in [-0.15, -0.1) is 0 Å². The van der Waals surface area contributed by atoms with Crippen LogP contribution in [0.3, 0.4) is 0 Å². The second-order valence-corrected chi connectivity index (χ2v) is 1.17. The van der Waals surface area contributed by atoms with Gasteiger partial charge in [-0.1, -0.05) is 0 Å². The number of alkyl halides is 3. The molecule has 1 N–H and O–H groups in total. The zero-order valence-electron chi connectivity index (χ0n) is 4.74. The fourth-order valence-corrected chi connectivity index (χ4v) is 0.164. The first-order valence-corrected chi connectivity index (χ1v) is 1.91. The van der Waals surface area contributed by atoms with Crippen LogP contribution in [0.2, 0.25) is 0 Å². The molecule has 5 heteroatoms. The number of hydrogen-bond donors (Lipinski definition) is 1. The van der Waals surface area contributed by atoms with E-state index in [2.05, 4.69) is 0 Å². The van der Waals surface area contributed by atoms with Gasteiger partial charge in [0, 0.05) is 44.1 Å². The van der Waals surface area contributed by atoms with Gasteiger partial charge in [0.25, 0.3) is 0 Å². The Balaban J connectivity index is 0. The Morgan fingerprint density at radius 1 is 1.44 bits per heavy atom. The van der Waals surface area contributed by atoms with E-state index >= 15 is 0 Å². The Kier molecular flexibility index (Phi) is 6.32. The van der Waals surface area contributed by atoms with Crippen LogP contribution in [0.5, 0.6) is 0 Å².